The van der Waals surface area contributed by atoms with Gasteiger partial charge in [0, 0.05) is 5.56 Å². The van der Waals surface area contributed by atoms with Crippen LogP contribution in [0.3, 0.4) is 0 Å². The minimum Gasteiger partial charge on any atom is -0.488 e. The van der Waals surface area contributed by atoms with E-state index in [0.29, 0.717) is 13.0 Å². The highest BCUT2D eigenvalue weighted by atomic mass is 16.5. The van der Waals surface area contributed by atoms with Crippen molar-refractivity contribution >= 4 is 5.97 Å². The molecule has 3 rings (SSSR count). The molecule has 1 N–H and O–H groups in total. The van der Waals surface area contributed by atoms with E-state index in [1.54, 1.807) is 0 Å². The zero-order valence-corrected chi connectivity index (χ0v) is 15.9. The fraction of sp³-hybridized carbons (Fsp3) is 0.409. The molecule has 2 aromatic rings. The maximum atomic E-state index is 11.2. The van der Waals surface area contributed by atoms with Gasteiger partial charge in [0.2, 0.25) is 0 Å². The van der Waals surface area contributed by atoms with Gasteiger partial charge in [-0.15, -0.1) is 0 Å². The van der Waals surface area contributed by atoms with Gasteiger partial charge in [0.15, 0.2) is 0 Å². The van der Waals surface area contributed by atoms with Crippen LogP contribution in [0, 0.1) is 20.8 Å². The summed E-state index contributed by atoms with van der Waals surface area (Å²) in [5.74, 6) is 0.919. The van der Waals surface area contributed by atoms with Crippen molar-refractivity contribution in [2.45, 2.75) is 59.2 Å². The van der Waals surface area contributed by atoms with Crippen LogP contribution >= 0.6 is 0 Å². The van der Waals surface area contributed by atoms with Crippen LogP contribution < -0.4 is 9.47 Å². The summed E-state index contributed by atoms with van der Waals surface area (Å²) in [6.07, 6.45) is 1.50. The fourth-order valence-corrected chi connectivity index (χ4v) is 3.67. The molecule has 0 amide bonds. The molecule has 0 bridgehead atoms. The van der Waals surface area contributed by atoms with Gasteiger partial charge in [-0.25, -0.2) is 0 Å². The Kier molecular flexibility index (Phi) is 4.94. The molecule has 0 spiro atoms. The van der Waals surface area contributed by atoms with Gasteiger partial charge in [-0.3, -0.25) is 4.79 Å². The minimum absolute atomic E-state index is 0.0102. The average molecular weight is 354 g/mol. The zero-order valence-electron chi connectivity index (χ0n) is 15.9. The summed E-state index contributed by atoms with van der Waals surface area (Å²) in [6.45, 7) is 8.53. The third-order valence-electron chi connectivity index (χ3n) is 5.31. The summed E-state index contributed by atoms with van der Waals surface area (Å²) < 4.78 is 12.4. The summed E-state index contributed by atoms with van der Waals surface area (Å²) in [7, 11) is 0. The van der Waals surface area contributed by atoms with E-state index in [2.05, 4.69) is 19.1 Å². The Labute approximate surface area is 154 Å². The van der Waals surface area contributed by atoms with Gasteiger partial charge in [-0.2, -0.15) is 0 Å². The van der Waals surface area contributed by atoms with Crippen LogP contribution in [0.4, 0.5) is 0 Å². The molecule has 1 unspecified atom stereocenters. The second-order valence-corrected chi connectivity index (χ2v) is 7.41. The predicted octanol–water partition coefficient (Wildman–Crippen LogP) is 4.75. The summed E-state index contributed by atoms with van der Waals surface area (Å²) in [6, 6.07) is 10.1. The van der Waals surface area contributed by atoms with Crippen molar-refractivity contribution in [3.05, 3.63) is 58.1 Å². The van der Waals surface area contributed by atoms with Crippen molar-refractivity contribution in [3.8, 4) is 11.5 Å². The predicted molar refractivity (Wildman–Crippen MR) is 101 cm³/mol. The Morgan fingerprint density at radius 3 is 2.50 bits per heavy atom. The van der Waals surface area contributed by atoms with Crippen LogP contribution in [-0.4, -0.2) is 16.7 Å². The molecule has 2 aromatic carbocycles. The smallest absolute Gasteiger partial charge is 0.307 e. The van der Waals surface area contributed by atoms with Gasteiger partial charge in [-0.1, -0.05) is 30.3 Å². The van der Waals surface area contributed by atoms with Gasteiger partial charge in [0.25, 0.3) is 0 Å². The van der Waals surface area contributed by atoms with E-state index in [4.69, 9.17) is 9.47 Å². The molecule has 4 nitrogen and oxygen atoms in total. The van der Waals surface area contributed by atoms with E-state index in [-0.39, 0.29) is 6.42 Å². The Hall–Kier alpha value is -2.49. The first-order chi connectivity index (χ1) is 12.3. The first kappa shape index (κ1) is 18.3. The van der Waals surface area contributed by atoms with Crippen molar-refractivity contribution in [3.63, 3.8) is 0 Å². The molecule has 0 radical (unpaired) electrons. The van der Waals surface area contributed by atoms with E-state index >= 15 is 0 Å². The number of carboxylic acids is 1. The van der Waals surface area contributed by atoms with Crippen LogP contribution in [-0.2, 0) is 17.8 Å². The van der Waals surface area contributed by atoms with Gasteiger partial charge in [0.1, 0.15) is 23.7 Å². The van der Waals surface area contributed by atoms with Crippen LogP contribution in [0.2, 0.25) is 0 Å². The van der Waals surface area contributed by atoms with E-state index in [0.717, 1.165) is 45.7 Å². The summed E-state index contributed by atoms with van der Waals surface area (Å²) in [5.41, 5.74) is 4.79. The first-order valence-electron chi connectivity index (χ1n) is 9.01. The number of ether oxygens (including phenoxy) is 2. The monoisotopic (exact) mass is 354 g/mol. The third-order valence-corrected chi connectivity index (χ3v) is 5.31. The molecule has 0 fully saturated rings. The van der Waals surface area contributed by atoms with Crippen molar-refractivity contribution in [2.75, 3.05) is 0 Å². The van der Waals surface area contributed by atoms with Gasteiger partial charge < -0.3 is 14.6 Å². The second kappa shape index (κ2) is 7.02. The largest absolute Gasteiger partial charge is 0.488 e. The maximum absolute atomic E-state index is 11.2. The SMILES string of the molecule is Cc1c(C)c2c(c(C)c1OCc1ccccc1)CCC(C)(CC(=O)O)O2. The Balaban J connectivity index is 1.91. The van der Waals surface area contributed by atoms with Crippen molar-refractivity contribution < 1.29 is 19.4 Å². The zero-order chi connectivity index (χ0) is 18.9. The first-order valence-corrected chi connectivity index (χ1v) is 9.01. The standard InChI is InChI=1S/C22H26O4/c1-14-15(2)21-18(10-11-22(4,26-21)12-19(23)24)16(3)20(14)25-13-17-8-6-5-7-9-17/h5-9H,10-13H2,1-4H3,(H,23,24). The molecule has 1 aliphatic heterocycles. The lowest BCUT2D eigenvalue weighted by Crippen LogP contribution is -2.39. The summed E-state index contributed by atoms with van der Waals surface area (Å²) in [4.78, 5) is 11.2. The number of carboxylic acid groups (broad SMARTS) is 1. The maximum Gasteiger partial charge on any atom is 0.307 e. The topological polar surface area (TPSA) is 55.8 Å². The number of rotatable bonds is 5. The average Bonchev–Trinajstić information content (AvgIpc) is 2.59. The number of aliphatic carboxylic acids is 1. The van der Waals surface area contributed by atoms with Gasteiger partial charge in [0.05, 0.1) is 6.42 Å². The van der Waals surface area contributed by atoms with Gasteiger partial charge in [-0.05, 0) is 62.8 Å². The molecular formula is C22H26O4. The molecule has 0 saturated heterocycles. The highest BCUT2D eigenvalue weighted by Gasteiger charge is 2.36. The van der Waals surface area contributed by atoms with E-state index in [9.17, 15) is 9.90 Å². The van der Waals surface area contributed by atoms with E-state index < -0.39 is 11.6 Å². The number of hydrogen-bond acceptors (Lipinski definition) is 3. The molecule has 0 saturated carbocycles. The van der Waals surface area contributed by atoms with E-state index in [1.807, 2.05) is 39.0 Å². The van der Waals surface area contributed by atoms with Crippen LogP contribution in [0.5, 0.6) is 11.5 Å². The Bertz CT molecular complexity index is 826. The van der Waals surface area contributed by atoms with Crippen LogP contribution in [0.25, 0.3) is 0 Å². The molecule has 26 heavy (non-hydrogen) atoms. The fourth-order valence-electron chi connectivity index (χ4n) is 3.67. The molecule has 1 aliphatic rings. The lowest BCUT2D eigenvalue weighted by molar-refractivity contribution is -0.141. The highest BCUT2D eigenvalue weighted by molar-refractivity contribution is 5.68. The Morgan fingerprint density at radius 1 is 1.15 bits per heavy atom. The number of fused-ring (bicyclic) bond motifs is 1. The van der Waals surface area contributed by atoms with Gasteiger partial charge >= 0.3 is 5.97 Å². The van der Waals surface area contributed by atoms with Crippen LogP contribution in [0.15, 0.2) is 30.3 Å². The third kappa shape index (κ3) is 3.55. The summed E-state index contributed by atoms with van der Waals surface area (Å²) >= 11 is 0. The highest BCUT2D eigenvalue weighted by Crippen LogP contribution is 2.44. The molecule has 138 valence electrons. The lowest BCUT2D eigenvalue weighted by atomic mass is 9.85. The molecule has 4 heteroatoms. The minimum atomic E-state index is -0.829. The molecule has 0 aliphatic carbocycles. The molecule has 1 heterocycles. The Morgan fingerprint density at radius 2 is 1.85 bits per heavy atom. The van der Waals surface area contributed by atoms with Crippen LogP contribution in [0.1, 0.15) is 47.6 Å². The number of carbonyl (C=O) groups is 1. The summed E-state index contributed by atoms with van der Waals surface area (Å²) in [5, 5.41) is 9.18. The van der Waals surface area contributed by atoms with Crippen molar-refractivity contribution in [1.82, 2.24) is 0 Å². The normalized spacial score (nSPS) is 18.8. The quantitative estimate of drug-likeness (QED) is 0.842. The number of benzene rings is 2. The molecule has 1 atom stereocenters. The molecule has 0 aromatic heterocycles. The number of hydrogen-bond donors (Lipinski definition) is 1. The van der Waals surface area contributed by atoms with E-state index in [1.165, 1.54) is 0 Å². The second-order valence-electron chi connectivity index (χ2n) is 7.41. The van der Waals surface area contributed by atoms with Crippen molar-refractivity contribution in [2.24, 2.45) is 0 Å². The van der Waals surface area contributed by atoms with Crippen molar-refractivity contribution in [1.29, 1.82) is 0 Å². The molecular weight excluding hydrogens is 328 g/mol. The lowest BCUT2D eigenvalue weighted by Gasteiger charge is -2.37.